The normalized spacial score (nSPS) is 10.2. The maximum atomic E-state index is 11.5. The van der Waals surface area contributed by atoms with Gasteiger partial charge in [-0.3, -0.25) is 4.79 Å². The maximum Gasteiger partial charge on any atom is 0.224 e. The van der Waals surface area contributed by atoms with E-state index in [9.17, 15) is 4.79 Å². The van der Waals surface area contributed by atoms with Crippen molar-refractivity contribution in [3.63, 3.8) is 0 Å². The topological polar surface area (TPSA) is 93.9 Å². The van der Waals surface area contributed by atoms with Crippen molar-refractivity contribution < 1.29 is 4.79 Å². The molecule has 0 rings (SSSR count). The molecule has 0 unspecified atom stereocenters. The lowest BCUT2D eigenvalue weighted by atomic mass is 10.00. The standard InChI is InChI=1S/C10H16N4O/c1-10(2,13)4-3-9(15)14(7-5-11)8-6-12/h3-4,7-8,13H2,1-2H3. The smallest absolute Gasteiger partial charge is 0.224 e. The lowest BCUT2D eigenvalue weighted by Gasteiger charge is -2.21. The fraction of sp³-hybridized carbons (Fsp3) is 0.700. The number of hydrogen-bond donors (Lipinski definition) is 1. The molecule has 0 saturated carbocycles. The largest absolute Gasteiger partial charge is 0.326 e. The molecule has 0 aliphatic rings. The number of carbonyl (C=O) groups excluding carboxylic acids is 1. The van der Waals surface area contributed by atoms with Gasteiger partial charge in [-0.1, -0.05) is 0 Å². The van der Waals surface area contributed by atoms with Crippen molar-refractivity contribution in [1.29, 1.82) is 10.5 Å². The average molecular weight is 208 g/mol. The fourth-order valence-electron chi connectivity index (χ4n) is 0.990. The van der Waals surface area contributed by atoms with Gasteiger partial charge < -0.3 is 10.6 Å². The van der Waals surface area contributed by atoms with E-state index in [1.165, 1.54) is 4.90 Å². The number of nitrogens with two attached hydrogens (primary N) is 1. The van der Waals surface area contributed by atoms with Crippen LogP contribution in [0.25, 0.3) is 0 Å². The van der Waals surface area contributed by atoms with E-state index >= 15 is 0 Å². The van der Waals surface area contributed by atoms with Crippen LogP contribution in [0.2, 0.25) is 0 Å². The first kappa shape index (κ1) is 13.4. The minimum atomic E-state index is -0.402. The second-order valence-electron chi connectivity index (χ2n) is 4.05. The van der Waals surface area contributed by atoms with Crippen LogP contribution in [0, 0.1) is 22.7 Å². The molecule has 5 nitrogen and oxygen atoms in total. The van der Waals surface area contributed by atoms with Gasteiger partial charge in [0, 0.05) is 12.0 Å². The molecular weight excluding hydrogens is 192 g/mol. The Hall–Kier alpha value is -1.59. The molecule has 0 aliphatic carbocycles. The SMILES string of the molecule is CC(C)(N)CCC(=O)N(CC#N)CC#N. The van der Waals surface area contributed by atoms with Gasteiger partial charge in [-0.25, -0.2) is 0 Å². The van der Waals surface area contributed by atoms with Crippen molar-refractivity contribution in [2.45, 2.75) is 32.2 Å². The van der Waals surface area contributed by atoms with E-state index in [0.29, 0.717) is 6.42 Å². The summed E-state index contributed by atoms with van der Waals surface area (Å²) in [4.78, 5) is 12.8. The molecule has 82 valence electrons. The van der Waals surface area contributed by atoms with Crippen LogP contribution >= 0.6 is 0 Å². The average Bonchev–Trinajstić information content (AvgIpc) is 2.13. The molecule has 0 spiro atoms. The van der Waals surface area contributed by atoms with Crippen molar-refractivity contribution in [2.75, 3.05) is 13.1 Å². The molecule has 0 bridgehead atoms. The van der Waals surface area contributed by atoms with Gasteiger partial charge in [0.15, 0.2) is 0 Å². The second kappa shape index (κ2) is 6.00. The Bertz CT molecular complexity index is 276. The summed E-state index contributed by atoms with van der Waals surface area (Å²) < 4.78 is 0. The van der Waals surface area contributed by atoms with Gasteiger partial charge in [-0.15, -0.1) is 0 Å². The maximum absolute atomic E-state index is 11.5. The summed E-state index contributed by atoms with van der Waals surface area (Å²) in [7, 11) is 0. The van der Waals surface area contributed by atoms with Crippen LogP contribution < -0.4 is 5.73 Å². The molecule has 0 fully saturated rings. The van der Waals surface area contributed by atoms with Crippen molar-refractivity contribution in [1.82, 2.24) is 4.90 Å². The zero-order valence-corrected chi connectivity index (χ0v) is 9.16. The van der Waals surface area contributed by atoms with Gasteiger partial charge in [-0.2, -0.15) is 10.5 Å². The molecule has 0 heterocycles. The van der Waals surface area contributed by atoms with Crippen LogP contribution in [-0.4, -0.2) is 29.4 Å². The Balaban J connectivity index is 4.17. The number of amides is 1. The molecule has 0 saturated heterocycles. The molecule has 15 heavy (non-hydrogen) atoms. The fourth-order valence-corrected chi connectivity index (χ4v) is 0.990. The third kappa shape index (κ3) is 6.48. The summed E-state index contributed by atoms with van der Waals surface area (Å²) >= 11 is 0. The lowest BCUT2D eigenvalue weighted by Crippen LogP contribution is -2.36. The molecule has 0 aromatic carbocycles. The van der Waals surface area contributed by atoms with Gasteiger partial charge in [0.2, 0.25) is 5.91 Å². The molecule has 2 N–H and O–H groups in total. The summed E-state index contributed by atoms with van der Waals surface area (Å²) in [6.45, 7) is 3.58. The molecular formula is C10H16N4O. The number of carbonyl (C=O) groups is 1. The number of nitrogens with zero attached hydrogens (tertiary/aromatic N) is 3. The van der Waals surface area contributed by atoms with Gasteiger partial charge in [0.1, 0.15) is 13.1 Å². The summed E-state index contributed by atoms with van der Waals surface area (Å²) in [5.74, 6) is -0.198. The van der Waals surface area contributed by atoms with Crippen LogP contribution in [0.5, 0.6) is 0 Å². The van der Waals surface area contributed by atoms with Crippen LogP contribution in [0.15, 0.2) is 0 Å². The van der Waals surface area contributed by atoms with E-state index in [2.05, 4.69) is 0 Å². The second-order valence-corrected chi connectivity index (χ2v) is 4.05. The van der Waals surface area contributed by atoms with Crippen LogP contribution in [0.4, 0.5) is 0 Å². The Morgan fingerprint density at radius 3 is 2.13 bits per heavy atom. The highest BCUT2D eigenvalue weighted by atomic mass is 16.2. The van der Waals surface area contributed by atoms with Crippen molar-refractivity contribution in [3.8, 4) is 12.1 Å². The Labute approximate surface area is 90.1 Å². The molecule has 0 aromatic heterocycles. The van der Waals surface area contributed by atoms with E-state index in [1.807, 2.05) is 26.0 Å². The quantitative estimate of drug-likeness (QED) is 0.661. The minimum Gasteiger partial charge on any atom is -0.326 e. The number of hydrogen-bond acceptors (Lipinski definition) is 4. The lowest BCUT2D eigenvalue weighted by molar-refractivity contribution is -0.130. The monoisotopic (exact) mass is 208 g/mol. The predicted octanol–water partition coefficient (Wildman–Crippen LogP) is 0.380. The van der Waals surface area contributed by atoms with Crippen molar-refractivity contribution >= 4 is 5.91 Å². The Kier molecular flexibility index (Phi) is 5.36. The van der Waals surface area contributed by atoms with Crippen molar-refractivity contribution in [3.05, 3.63) is 0 Å². The van der Waals surface area contributed by atoms with E-state index in [-0.39, 0.29) is 25.4 Å². The Morgan fingerprint density at radius 2 is 1.80 bits per heavy atom. The molecule has 0 radical (unpaired) electrons. The van der Waals surface area contributed by atoms with E-state index in [0.717, 1.165) is 0 Å². The highest BCUT2D eigenvalue weighted by Gasteiger charge is 2.17. The van der Waals surface area contributed by atoms with Gasteiger partial charge in [0.05, 0.1) is 12.1 Å². The highest BCUT2D eigenvalue weighted by molar-refractivity contribution is 5.76. The molecule has 0 aliphatic heterocycles. The molecule has 0 aromatic rings. The highest BCUT2D eigenvalue weighted by Crippen LogP contribution is 2.08. The van der Waals surface area contributed by atoms with Crippen LogP contribution in [-0.2, 0) is 4.79 Å². The summed E-state index contributed by atoms with van der Waals surface area (Å²) in [6, 6.07) is 3.71. The zero-order chi connectivity index (χ0) is 11.9. The minimum absolute atomic E-state index is 0.0443. The molecule has 5 heteroatoms. The predicted molar refractivity (Wildman–Crippen MR) is 55.3 cm³/mol. The third-order valence-electron chi connectivity index (χ3n) is 1.86. The first-order valence-electron chi connectivity index (χ1n) is 4.71. The molecule has 1 amide bonds. The summed E-state index contributed by atoms with van der Waals surface area (Å²) in [6.07, 6.45) is 0.812. The first-order chi connectivity index (χ1) is 6.90. The number of nitriles is 2. The number of rotatable bonds is 5. The third-order valence-corrected chi connectivity index (χ3v) is 1.86. The van der Waals surface area contributed by atoms with E-state index in [4.69, 9.17) is 16.3 Å². The van der Waals surface area contributed by atoms with Crippen LogP contribution in [0.3, 0.4) is 0 Å². The van der Waals surface area contributed by atoms with Crippen molar-refractivity contribution in [2.24, 2.45) is 5.73 Å². The molecule has 0 atom stereocenters. The summed E-state index contributed by atoms with van der Waals surface area (Å²) in [5, 5.41) is 16.9. The van der Waals surface area contributed by atoms with Gasteiger partial charge >= 0.3 is 0 Å². The summed E-state index contributed by atoms with van der Waals surface area (Å²) in [5.41, 5.74) is 5.33. The van der Waals surface area contributed by atoms with Gasteiger partial charge in [-0.05, 0) is 20.3 Å². The zero-order valence-electron chi connectivity index (χ0n) is 9.16. The van der Waals surface area contributed by atoms with Gasteiger partial charge in [0.25, 0.3) is 0 Å². The van der Waals surface area contributed by atoms with E-state index < -0.39 is 5.54 Å². The van der Waals surface area contributed by atoms with Crippen LogP contribution in [0.1, 0.15) is 26.7 Å². The Morgan fingerprint density at radius 1 is 1.33 bits per heavy atom. The first-order valence-corrected chi connectivity index (χ1v) is 4.71. The van der Waals surface area contributed by atoms with E-state index in [1.54, 1.807) is 0 Å².